The Morgan fingerprint density at radius 2 is 0.548 bits per heavy atom. The molecule has 0 bridgehead atoms. The summed E-state index contributed by atoms with van der Waals surface area (Å²) in [5.41, 5.74) is 0. The molecule has 0 fully saturated rings. The molecule has 404 valence electrons. The zero-order valence-electron chi connectivity index (χ0n) is 46.1. The molecule has 73 heavy (non-hydrogen) atoms. The van der Waals surface area contributed by atoms with Crippen LogP contribution in [-0.4, -0.2) is 37.2 Å². The number of carbonyl (C=O) groups excluding carboxylic acids is 3. The fourth-order valence-corrected chi connectivity index (χ4v) is 6.68. The Morgan fingerprint density at radius 1 is 0.288 bits per heavy atom. The Labute approximate surface area is 446 Å². The van der Waals surface area contributed by atoms with E-state index in [2.05, 4.69) is 179 Å². The van der Waals surface area contributed by atoms with Gasteiger partial charge in [-0.1, -0.05) is 229 Å². The second-order valence-corrected chi connectivity index (χ2v) is 17.7. The zero-order valence-corrected chi connectivity index (χ0v) is 46.1. The minimum absolute atomic E-state index is 0.173. The summed E-state index contributed by atoms with van der Waals surface area (Å²) in [6.45, 7) is 6.26. The van der Waals surface area contributed by atoms with Crippen molar-refractivity contribution in [3.63, 3.8) is 0 Å². The molecular formula is C67H100O6. The molecule has 0 radical (unpaired) electrons. The number of esters is 3. The lowest BCUT2D eigenvalue weighted by atomic mass is 10.2. The van der Waals surface area contributed by atoms with E-state index in [0.29, 0.717) is 19.3 Å². The van der Waals surface area contributed by atoms with Crippen molar-refractivity contribution in [3.8, 4) is 0 Å². The van der Waals surface area contributed by atoms with Crippen LogP contribution in [0.1, 0.15) is 201 Å². The lowest BCUT2D eigenvalue weighted by molar-refractivity contribution is -0.166. The first-order chi connectivity index (χ1) is 36.0. The van der Waals surface area contributed by atoms with Crippen LogP contribution in [-0.2, 0) is 28.6 Å². The van der Waals surface area contributed by atoms with Crippen LogP contribution in [0.25, 0.3) is 0 Å². The number of unbranched alkanes of at least 4 members (excludes halogenated alkanes) is 7. The lowest BCUT2D eigenvalue weighted by Crippen LogP contribution is -2.30. The Morgan fingerprint density at radius 3 is 0.836 bits per heavy atom. The molecule has 0 saturated carbocycles. The van der Waals surface area contributed by atoms with E-state index >= 15 is 0 Å². The number of allylic oxidation sites excluding steroid dienone is 30. The molecule has 0 unspecified atom stereocenters. The van der Waals surface area contributed by atoms with Gasteiger partial charge < -0.3 is 14.2 Å². The normalized spacial score (nSPS) is 13.5. The van der Waals surface area contributed by atoms with Crippen molar-refractivity contribution >= 4 is 17.9 Å². The molecule has 6 nitrogen and oxygen atoms in total. The van der Waals surface area contributed by atoms with E-state index in [1.54, 1.807) is 0 Å². The topological polar surface area (TPSA) is 78.9 Å². The van der Waals surface area contributed by atoms with Crippen molar-refractivity contribution in [1.29, 1.82) is 0 Å². The average Bonchev–Trinajstić information content (AvgIpc) is 3.39. The van der Waals surface area contributed by atoms with Crippen LogP contribution in [0.5, 0.6) is 0 Å². The van der Waals surface area contributed by atoms with Crippen LogP contribution < -0.4 is 0 Å². The molecule has 0 amide bonds. The predicted octanol–water partition coefficient (Wildman–Crippen LogP) is 19.3. The van der Waals surface area contributed by atoms with E-state index < -0.39 is 24.0 Å². The van der Waals surface area contributed by atoms with Gasteiger partial charge in [-0.2, -0.15) is 0 Å². The summed E-state index contributed by atoms with van der Waals surface area (Å²) in [4.78, 5) is 38.1. The fraction of sp³-hybridized carbons (Fsp3) is 0.507. The molecule has 0 aromatic carbocycles. The van der Waals surface area contributed by atoms with Gasteiger partial charge in [-0.15, -0.1) is 0 Å². The largest absolute Gasteiger partial charge is 0.462 e. The van der Waals surface area contributed by atoms with E-state index in [9.17, 15) is 14.4 Å². The van der Waals surface area contributed by atoms with Gasteiger partial charge in [-0.3, -0.25) is 14.4 Å². The van der Waals surface area contributed by atoms with Gasteiger partial charge in [0.05, 0.1) is 0 Å². The van der Waals surface area contributed by atoms with E-state index in [1.165, 1.54) is 51.4 Å². The third kappa shape index (κ3) is 57.3. The van der Waals surface area contributed by atoms with Crippen LogP contribution in [0, 0.1) is 0 Å². The summed E-state index contributed by atoms with van der Waals surface area (Å²) in [5.74, 6) is -1.20. The standard InChI is InChI=1S/C67H100O6/c1-4-7-10-13-16-19-22-25-28-31-33-36-38-41-44-47-50-53-56-59-65(68)71-62-64(73-67(70)61-58-55-52-49-46-43-40-35-30-27-24-21-18-15-12-9-6-3)63-72-66(69)60-57-54-51-48-45-42-39-37-34-32-29-26-23-20-17-14-11-8-5-2/h7,10,16-21,25-30,33-34,36-37,40-45,49-54,64H,4-6,8-9,11-15,22-24,31-32,35,38-39,46-48,55-63H2,1-3H3/b10-7-,19-16-,20-17-,21-18-,28-25-,29-26-,30-27-,36-33-,37-34-,43-40-,44-41-,45-42-,52-49-,53-50-,54-51-/t64-/m1/s1. The first kappa shape index (κ1) is 67.5. The summed E-state index contributed by atoms with van der Waals surface area (Å²) >= 11 is 0. The van der Waals surface area contributed by atoms with E-state index in [0.717, 1.165) is 89.9 Å². The van der Waals surface area contributed by atoms with Gasteiger partial charge in [0, 0.05) is 19.3 Å². The number of hydrogen-bond acceptors (Lipinski definition) is 6. The molecule has 0 saturated heterocycles. The van der Waals surface area contributed by atoms with E-state index in [1.807, 2.05) is 24.3 Å². The Hall–Kier alpha value is -5.49. The fourth-order valence-electron chi connectivity index (χ4n) is 6.68. The molecule has 0 aromatic rings. The van der Waals surface area contributed by atoms with Gasteiger partial charge in [0.1, 0.15) is 13.2 Å². The second kappa shape index (κ2) is 59.1. The van der Waals surface area contributed by atoms with Crippen molar-refractivity contribution in [2.24, 2.45) is 0 Å². The molecule has 0 aliphatic rings. The van der Waals surface area contributed by atoms with Crippen LogP contribution in [0.3, 0.4) is 0 Å². The van der Waals surface area contributed by atoms with Crippen molar-refractivity contribution in [1.82, 2.24) is 0 Å². The van der Waals surface area contributed by atoms with Crippen LogP contribution in [0.4, 0.5) is 0 Å². The molecule has 0 spiro atoms. The second-order valence-electron chi connectivity index (χ2n) is 17.7. The predicted molar refractivity (Wildman–Crippen MR) is 315 cm³/mol. The summed E-state index contributed by atoms with van der Waals surface area (Å²) in [6.07, 6.45) is 89.1. The van der Waals surface area contributed by atoms with Gasteiger partial charge in [-0.05, 0) is 135 Å². The summed E-state index contributed by atoms with van der Waals surface area (Å²) < 4.78 is 16.6. The maximum absolute atomic E-state index is 12.8. The van der Waals surface area contributed by atoms with Crippen molar-refractivity contribution < 1.29 is 28.6 Å². The van der Waals surface area contributed by atoms with Gasteiger partial charge in [0.2, 0.25) is 0 Å². The van der Waals surface area contributed by atoms with Gasteiger partial charge in [0.25, 0.3) is 0 Å². The molecule has 0 N–H and O–H groups in total. The monoisotopic (exact) mass is 1000 g/mol. The highest BCUT2D eigenvalue weighted by Gasteiger charge is 2.19. The maximum atomic E-state index is 12.8. The molecule has 1 atom stereocenters. The van der Waals surface area contributed by atoms with Crippen molar-refractivity contribution in [2.45, 2.75) is 207 Å². The molecule has 6 heteroatoms. The molecule has 0 heterocycles. The van der Waals surface area contributed by atoms with Crippen LogP contribution >= 0.6 is 0 Å². The Kier molecular flexibility index (Phi) is 54.6. The third-order valence-electron chi connectivity index (χ3n) is 10.9. The molecule has 0 aromatic heterocycles. The summed E-state index contributed by atoms with van der Waals surface area (Å²) in [7, 11) is 0. The Bertz CT molecular complexity index is 1770. The van der Waals surface area contributed by atoms with Crippen LogP contribution in [0.2, 0.25) is 0 Å². The number of hydrogen-bond donors (Lipinski definition) is 0. The zero-order chi connectivity index (χ0) is 52.9. The minimum Gasteiger partial charge on any atom is -0.462 e. The van der Waals surface area contributed by atoms with Crippen molar-refractivity contribution in [2.75, 3.05) is 13.2 Å². The highest BCUT2D eigenvalue weighted by Crippen LogP contribution is 2.08. The number of rotatable bonds is 48. The SMILES string of the molecule is CC/C=C\C/C=C\C/C=C\C/C=C\C/C=C\C/C=C\CCC(=O)OC[C@H](COC(=O)CC/C=C\C/C=C\C/C=C\C/C=C\C/C=C\CCCCC)OC(=O)CCC/C=C\C/C=C\C/C=C\C/C=C\CCCCC. The Balaban J connectivity index is 4.74. The third-order valence-corrected chi connectivity index (χ3v) is 10.9. The van der Waals surface area contributed by atoms with Gasteiger partial charge >= 0.3 is 17.9 Å². The minimum atomic E-state index is -0.879. The first-order valence-electron chi connectivity index (χ1n) is 28.3. The highest BCUT2D eigenvalue weighted by atomic mass is 16.6. The smallest absolute Gasteiger partial charge is 0.306 e. The van der Waals surface area contributed by atoms with Crippen LogP contribution in [0.15, 0.2) is 182 Å². The number of carbonyl (C=O) groups is 3. The molecule has 0 rings (SSSR count). The summed E-state index contributed by atoms with van der Waals surface area (Å²) in [6, 6.07) is 0. The van der Waals surface area contributed by atoms with Gasteiger partial charge in [0.15, 0.2) is 6.10 Å². The van der Waals surface area contributed by atoms with E-state index in [-0.39, 0.29) is 32.5 Å². The molecule has 0 aliphatic carbocycles. The molecular weight excluding hydrogens is 901 g/mol. The highest BCUT2D eigenvalue weighted by molar-refractivity contribution is 5.71. The lowest BCUT2D eigenvalue weighted by Gasteiger charge is -2.18. The first-order valence-corrected chi connectivity index (χ1v) is 28.3. The molecule has 0 aliphatic heterocycles. The van der Waals surface area contributed by atoms with Crippen molar-refractivity contribution in [3.05, 3.63) is 182 Å². The van der Waals surface area contributed by atoms with Gasteiger partial charge in [-0.25, -0.2) is 0 Å². The maximum Gasteiger partial charge on any atom is 0.306 e. The van der Waals surface area contributed by atoms with E-state index in [4.69, 9.17) is 14.2 Å². The number of ether oxygens (including phenoxy) is 3. The summed E-state index contributed by atoms with van der Waals surface area (Å²) in [5, 5.41) is 0. The quantitative estimate of drug-likeness (QED) is 0.0262. The average molecular weight is 1000 g/mol.